The first-order valence-corrected chi connectivity index (χ1v) is 9.72. The maximum atomic E-state index is 4.39. The van der Waals surface area contributed by atoms with E-state index in [0.29, 0.717) is 0 Å². The summed E-state index contributed by atoms with van der Waals surface area (Å²) in [5.41, 5.74) is 6.75. The molecule has 0 bridgehead atoms. The Hall–Kier alpha value is -3.40. The number of hydrogen-bond acceptors (Lipinski definition) is 2. The zero-order chi connectivity index (χ0) is 19.3. The number of hydrogen-bond donors (Lipinski definition) is 2. The van der Waals surface area contributed by atoms with E-state index >= 15 is 0 Å². The van der Waals surface area contributed by atoms with Gasteiger partial charge in [0.1, 0.15) is 11.6 Å². The standard InChI is InChI=1S/C24H24N4/c1-3-23-25-15-21(27-23)19-12-10-17(11-13-19)8-9-18-6-5-7-20(14-18)22-16-26-24(4-2)28-22/h5-16H,3-4H2,1-2H3,(H,25,27)(H,26,28). The molecule has 0 atom stereocenters. The van der Waals surface area contributed by atoms with Gasteiger partial charge in [-0.1, -0.05) is 68.5 Å². The van der Waals surface area contributed by atoms with Crippen molar-refractivity contribution in [2.24, 2.45) is 0 Å². The first kappa shape index (κ1) is 18.0. The van der Waals surface area contributed by atoms with Crippen LogP contribution in [0.25, 0.3) is 34.7 Å². The minimum atomic E-state index is 0.911. The fourth-order valence-electron chi connectivity index (χ4n) is 3.15. The number of imidazole rings is 2. The average molecular weight is 368 g/mol. The Morgan fingerprint density at radius 3 is 1.93 bits per heavy atom. The molecule has 140 valence electrons. The van der Waals surface area contributed by atoms with Crippen LogP contribution in [0.2, 0.25) is 0 Å². The minimum absolute atomic E-state index is 0.911. The Morgan fingerprint density at radius 1 is 0.714 bits per heavy atom. The van der Waals surface area contributed by atoms with Gasteiger partial charge in [0.2, 0.25) is 0 Å². The van der Waals surface area contributed by atoms with Gasteiger partial charge in [-0.15, -0.1) is 0 Å². The fraction of sp³-hybridized carbons (Fsp3) is 0.167. The first-order chi connectivity index (χ1) is 13.7. The van der Waals surface area contributed by atoms with Crippen LogP contribution < -0.4 is 0 Å². The predicted octanol–water partition coefficient (Wildman–Crippen LogP) is 5.76. The van der Waals surface area contributed by atoms with Gasteiger partial charge >= 0.3 is 0 Å². The molecule has 2 heterocycles. The van der Waals surface area contributed by atoms with Crippen molar-refractivity contribution in [1.82, 2.24) is 19.9 Å². The van der Waals surface area contributed by atoms with Crippen molar-refractivity contribution in [3.8, 4) is 22.5 Å². The van der Waals surface area contributed by atoms with Gasteiger partial charge in [-0.3, -0.25) is 0 Å². The van der Waals surface area contributed by atoms with Gasteiger partial charge in [-0.05, 0) is 22.8 Å². The molecule has 0 aliphatic rings. The summed E-state index contributed by atoms with van der Waals surface area (Å²) in [6.45, 7) is 4.20. The molecule has 0 radical (unpaired) electrons. The molecule has 0 amide bonds. The molecule has 0 saturated carbocycles. The van der Waals surface area contributed by atoms with E-state index in [4.69, 9.17) is 0 Å². The third-order valence-corrected chi connectivity index (χ3v) is 4.81. The molecule has 0 fully saturated rings. The van der Waals surface area contributed by atoms with Gasteiger partial charge in [0, 0.05) is 18.4 Å². The molecule has 4 nitrogen and oxygen atoms in total. The number of nitrogens with one attached hydrogen (secondary N) is 2. The van der Waals surface area contributed by atoms with Crippen LogP contribution in [0.4, 0.5) is 0 Å². The van der Waals surface area contributed by atoms with E-state index < -0.39 is 0 Å². The molecule has 2 N–H and O–H groups in total. The summed E-state index contributed by atoms with van der Waals surface area (Å²) >= 11 is 0. The summed E-state index contributed by atoms with van der Waals surface area (Å²) in [5, 5.41) is 0. The highest BCUT2D eigenvalue weighted by molar-refractivity contribution is 5.73. The lowest BCUT2D eigenvalue weighted by molar-refractivity contribution is 0.990. The summed E-state index contributed by atoms with van der Waals surface area (Å²) in [6, 6.07) is 17.0. The fourth-order valence-corrected chi connectivity index (χ4v) is 3.15. The van der Waals surface area contributed by atoms with Crippen molar-refractivity contribution in [3.63, 3.8) is 0 Å². The van der Waals surface area contributed by atoms with E-state index in [1.54, 1.807) is 0 Å². The molecule has 0 aliphatic heterocycles. The van der Waals surface area contributed by atoms with Crippen molar-refractivity contribution in [1.29, 1.82) is 0 Å². The summed E-state index contributed by atoms with van der Waals surface area (Å²) in [5.74, 6) is 2.03. The molecule has 0 saturated heterocycles. The Morgan fingerprint density at radius 2 is 1.32 bits per heavy atom. The Kier molecular flexibility index (Phi) is 5.20. The van der Waals surface area contributed by atoms with E-state index in [2.05, 4.69) is 94.5 Å². The van der Waals surface area contributed by atoms with Gasteiger partial charge in [-0.25, -0.2) is 9.97 Å². The van der Waals surface area contributed by atoms with Crippen molar-refractivity contribution in [2.45, 2.75) is 26.7 Å². The van der Waals surface area contributed by atoms with E-state index in [1.807, 2.05) is 12.4 Å². The molecule has 0 spiro atoms. The summed E-state index contributed by atoms with van der Waals surface area (Å²) in [4.78, 5) is 15.5. The average Bonchev–Trinajstić information content (AvgIpc) is 3.42. The molecule has 0 unspecified atom stereocenters. The smallest absolute Gasteiger partial charge is 0.106 e. The maximum Gasteiger partial charge on any atom is 0.106 e. The van der Waals surface area contributed by atoms with Crippen molar-refractivity contribution < 1.29 is 0 Å². The number of nitrogens with zero attached hydrogens (tertiary/aromatic N) is 2. The zero-order valence-corrected chi connectivity index (χ0v) is 16.2. The molecule has 28 heavy (non-hydrogen) atoms. The SMILES string of the molecule is CCc1ncc(-c2ccc(C=Cc3cccc(-c4cnc(CC)[nH]4)c3)cc2)[nH]1. The third kappa shape index (κ3) is 3.96. The van der Waals surface area contributed by atoms with E-state index in [-0.39, 0.29) is 0 Å². The molecular formula is C24H24N4. The Labute approximate surface area is 165 Å². The van der Waals surface area contributed by atoms with E-state index in [0.717, 1.165) is 52.6 Å². The van der Waals surface area contributed by atoms with Crippen LogP contribution in [0.1, 0.15) is 36.6 Å². The monoisotopic (exact) mass is 368 g/mol. The van der Waals surface area contributed by atoms with Crippen LogP contribution >= 0.6 is 0 Å². The second kappa shape index (κ2) is 8.09. The molecule has 2 aromatic carbocycles. The van der Waals surface area contributed by atoms with Crippen LogP contribution in [0.15, 0.2) is 60.9 Å². The lowest BCUT2D eigenvalue weighted by atomic mass is 10.1. The quantitative estimate of drug-likeness (QED) is 0.425. The van der Waals surface area contributed by atoms with Gasteiger partial charge in [0.15, 0.2) is 0 Å². The number of benzene rings is 2. The summed E-state index contributed by atoms with van der Waals surface area (Å²) in [7, 11) is 0. The number of H-pyrrole nitrogens is 2. The first-order valence-electron chi connectivity index (χ1n) is 9.72. The lowest BCUT2D eigenvalue weighted by Crippen LogP contribution is -1.83. The molecule has 2 aromatic heterocycles. The van der Waals surface area contributed by atoms with Crippen molar-refractivity contribution in [3.05, 3.63) is 83.7 Å². The second-order valence-electron chi connectivity index (χ2n) is 6.78. The molecular weight excluding hydrogens is 344 g/mol. The number of aromatic nitrogens is 4. The van der Waals surface area contributed by atoms with Gasteiger partial charge in [0.25, 0.3) is 0 Å². The van der Waals surface area contributed by atoms with Gasteiger partial charge < -0.3 is 9.97 Å². The topological polar surface area (TPSA) is 57.4 Å². The van der Waals surface area contributed by atoms with E-state index in [9.17, 15) is 0 Å². The van der Waals surface area contributed by atoms with Crippen molar-refractivity contribution >= 4 is 12.2 Å². The Bertz CT molecular complexity index is 1080. The van der Waals surface area contributed by atoms with Gasteiger partial charge in [-0.2, -0.15) is 0 Å². The molecule has 4 heteroatoms. The predicted molar refractivity (Wildman–Crippen MR) is 116 cm³/mol. The maximum absolute atomic E-state index is 4.39. The number of aromatic amines is 2. The van der Waals surface area contributed by atoms with Crippen LogP contribution in [-0.4, -0.2) is 19.9 Å². The second-order valence-corrected chi connectivity index (χ2v) is 6.78. The minimum Gasteiger partial charge on any atom is -0.342 e. The highest BCUT2D eigenvalue weighted by atomic mass is 14.9. The summed E-state index contributed by atoms with van der Waals surface area (Å²) in [6.07, 6.45) is 9.90. The molecule has 4 aromatic rings. The largest absolute Gasteiger partial charge is 0.342 e. The lowest BCUT2D eigenvalue weighted by Gasteiger charge is -2.01. The van der Waals surface area contributed by atoms with Crippen LogP contribution in [0, 0.1) is 0 Å². The summed E-state index contributed by atoms with van der Waals surface area (Å²) < 4.78 is 0. The van der Waals surface area contributed by atoms with Crippen LogP contribution in [0.3, 0.4) is 0 Å². The number of rotatable bonds is 6. The normalized spacial score (nSPS) is 11.4. The Balaban J connectivity index is 1.50. The van der Waals surface area contributed by atoms with Gasteiger partial charge in [0.05, 0.1) is 23.8 Å². The van der Waals surface area contributed by atoms with E-state index in [1.165, 1.54) is 5.56 Å². The third-order valence-electron chi connectivity index (χ3n) is 4.81. The molecule has 0 aliphatic carbocycles. The van der Waals surface area contributed by atoms with Crippen LogP contribution in [0.5, 0.6) is 0 Å². The van der Waals surface area contributed by atoms with Crippen LogP contribution in [-0.2, 0) is 12.8 Å². The zero-order valence-electron chi connectivity index (χ0n) is 16.2. The molecule has 4 rings (SSSR count). The number of aryl methyl sites for hydroxylation is 2. The van der Waals surface area contributed by atoms with Crippen molar-refractivity contribution in [2.75, 3.05) is 0 Å². The highest BCUT2D eigenvalue weighted by Gasteiger charge is 2.03. The highest BCUT2D eigenvalue weighted by Crippen LogP contribution is 2.21.